The molecule has 6 heteroatoms. The predicted octanol–water partition coefficient (Wildman–Crippen LogP) is 2.35. The number of unbranched alkanes of at least 4 members (excludes halogenated alkanes) is 2. The standard InChI is InChI=1S/C15H23N5O/c1-3-4-5-8-15(2,10-21)20-13-12-11(7-6-9-17-12)18-14(16)19-13/h6-7,9,21H,3-5,8,10H2,1-2H3,(H3,16,18,19,20)/t15-/m1/s1. The van der Waals surface area contributed by atoms with Crippen LogP contribution in [0.4, 0.5) is 11.8 Å². The van der Waals surface area contributed by atoms with E-state index in [2.05, 4.69) is 27.2 Å². The van der Waals surface area contributed by atoms with Gasteiger partial charge in [-0.1, -0.05) is 26.2 Å². The van der Waals surface area contributed by atoms with E-state index in [9.17, 15) is 5.11 Å². The predicted molar refractivity (Wildman–Crippen MR) is 85.0 cm³/mol. The molecule has 0 saturated carbocycles. The SMILES string of the molecule is CCCCC[C@](C)(CO)Nc1nc(N)nc2cccnc12. The molecule has 0 bridgehead atoms. The fourth-order valence-corrected chi connectivity index (χ4v) is 2.30. The molecule has 0 aliphatic carbocycles. The molecule has 0 aliphatic rings. The van der Waals surface area contributed by atoms with Crippen LogP contribution in [0.2, 0.25) is 0 Å². The number of aliphatic hydroxyl groups is 1. The highest BCUT2D eigenvalue weighted by molar-refractivity contribution is 5.86. The molecule has 0 unspecified atom stereocenters. The van der Waals surface area contributed by atoms with Gasteiger partial charge < -0.3 is 16.2 Å². The molecule has 6 nitrogen and oxygen atoms in total. The zero-order chi connectivity index (χ0) is 15.3. The smallest absolute Gasteiger partial charge is 0.222 e. The highest BCUT2D eigenvalue weighted by Gasteiger charge is 2.24. The number of nitrogen functional groups attached to an aromatic ring is 1. The molecule has 0 radical (unpaired) electrons. The second-order valence-corrected chi connectivity index (χ2v) is 5.60. The Morgan fingerprint density at radius 1 is 1.33 bits per heavy atom. The summed E-state index contributed by atoms with van der Waals surface area (Å²) in [6.45, 7) is 4.16. The number of rotatable bonds is 7. The highest BCUT2D eigenvalue weighted by Crippen LogP contribution is 2.25. The minimum absolute atomic E-state index is 0.0228. The van der Waals surface area contributed by atoms with E-state index >= 15 is 0 Å². The normalized spacial score (nSPS) is 14.0. The third kappa shape index (κ3) is 3.78. The molecule has 0 aliphatic heterocycles. The lowest BCUT2D eigenvalue weighted by Crippen LogP contribution is -2.39. The molecule has 0 aromatic carbocycles. The molecule has 21 heavy (non-hydrogen) atoms. The third-order valence-corrected chi connectivity index (χ3v) is 3.57. The number of hydrogen-bond acceptors (Lipinski definition) is 6. The van der Waals surface area contributed by atoms with Gasteiger partial charge in [0.2, 0.25) is 5.95 Å². The van der Waals surface area contributed by atoms with Crippen LogP contribution in [-0.4, -0.2) is 32.2 Å². The van der Waals surface area contributed by atoms with Crippen molar-refractivity contribution in [3.8, 4) is 0 Å². The number of nitrogens with two attached hydrogens (primary N) is 1. The highest BCUT2D eigenvalue weighted by atomic mass is 16.3. The number of aromatic nitrogens is 3. The van der Waals surface area contributed by atoms with E-state index in [0.717, 1.165) is 25.7 Å². The van der Waals surface area contributed by atoms with Crippen LogP contribution in [0.1, 0.15) is 39.5 Å². The molecule has 2 aromatic rings. The van der Waals surface area contributed by atoms with Gasteiger partial charge in [-0.3, -0.25) is 4.98 Å². The molecule has 0 saturated heterocycles. The molecular weight excluding hydrogens is 266 g/mol. The van der Waals surface area contributed by atoms with Crippen molar-refractivity contribution in [3.63, 3.8) is 0 Å². The van der Waals surface area contributed by atoms with Gasteiger partial charge in [0.15, 0.2) is 5.82 Å². The average Bonchev–Trinajstić information content (AvgIpc) is 2.47. The molecule has 2 rings (SSSR count). The maximum atomic E-state index is 9.73. The largest absolute Gasteiger partial charge is 0.394 e. The van der Waals surface area contributed by atoms with E-state index in [0.29, 0.717) is 16.9 Å². The number of aliphatic hydroxyl groups excluding tert-OH is 1. The van der Waals surface area contributed by atoms with Crippen LogP contribution >= 0.6 is 0 Å². The van der Waals surface area contributed by atoms with Gasteiger partial charge in [-0.25, -0.2) is 4.98 Å². The summed E-state index contributed by atoms with van der Waals surface area (Å²) >= 11 is 0. The van der Waals surface area contributed by atoms with Crippen LogP contribution in [0.3, 0.4) is 0 Å². The van der Waals surface area contributed by atoms with Crippen LogP contribution in [0.25, 0.3) is 11.0 Å². The average molecular weight is 289 g/mol. The summed E-state index contributed by atoms with van der Waals surface area (Å²) in [5.74, 6) is 0.776. The molecule has 1 atom stereocenters. The molecular formula is C15H23N5O. The van der Waals surface area contributed by atoms with E-state index in [-0.39, 0.29) is 12.6 Å². The van der Waals surface area contributed by atoms with Crippen molar-refractivity contribution in [3.05, 3.63) is 18.3 Å². The summed E-state index contributed by atoms with van der Waals surface area (Å²) in [7, 11) is 0. The Morgan fingerprint density at radius 3 is 2.86 bits per heavy atom. The fourth-order valence-electron chi connectivity index (χ4n) is 2.30. The topological polar surface area (TPSA) is 97.0 Å². The molecule has 2 heterocycles. The Morgan fingerprint density at radius 2 is 2.14 bits per heavy atom. The van der Waals surface area contributed by atoms with Gasteiger partial charge in [-0.05, 0) is 25.5 Å². The number of anilines is 2. The van der Waals surface area contributed by atoms with Crippen LogP contribution < -0.4 is 11.1 Å². The maximum absolute atomic E-state index is 9.73. The molecule has 0 amide bonds. The lowest BCUT2D eigenvalue weighted by Gasteiger charge is -2.29. The van der Waals surface area contributed by atoms with Crippen molar-refractivity contribution in [2.45, 2.75) is 45.1 Å². The minimum atomic E-state index is -0.444. The van der Waals surface area contributed by atoms with E-state index in [1.165, 1.54) is 0 Å². The first-order chi connectivity index (χ1) is 10.1. The van der Waals surface area contributed by atoms with Crippen LogP contribution in [0.5, 0.6) is 0 Å². The molecule has 2 aromatic heterocycles. The molecule has 114 valence electrons. The van der Waals surface area contributed by atoms with Crippen molar-refractivity contribution in [1.82, 2.24) is 15.0 Å². The fraction of sp³-hybridized carbons (Fsp3) is 0.533. The Labute approximate surface area is 124 Å². The number of nitrogens with zero attached hydrogens (tertiary/aromatic N) is 3. The Bertz CT molecular complexity index is 604. The number of hydrogen-bond donors (Lipinski definition) is 3. The second-order valence-electron chi connectivity index (χ2n) is 5.60. The van der Waals surface area contributed by atoms with Crippen molar-refractivity contribution in [2.24, 2.45) is 0 Å². The van der Waals surface area contributed by atoms with E-state index in [4.69, 9.17) is 5.73 Å². The first-order valence-corrected chi connectivity index (χ1v) is 7.35. The van der Waals surface area contributed by atoms with E-state index in [1.54, 1.807) is 6.20 Å². The zero-order valence-electron chi connectivity index (χ0n) is 12.6. The van der Waals surface area contributed by atoms with E-state index < -0.39 is 5.54 Å². The van der Waals surface area contributed by atoms with Crippen LogP contribution in [0, 0.1) is 0 Å². The zero-order valence-corrected chi connectivity index (χ0v) is 12.6. The molecule has 0 spiro atoms. The van der Waals surface area contributed by atoms with Gasteiger partial charge in [-0.15, -0.1) is 0 Å². The number of nitrogens with one attached hydrogen (secondary N) is 1. The van der Waals surface area contributed by atoms with Crippen molar-refractivity contribution in [2.75, 3.05) is 17.7 Å². The van der Waals surface area contributed by atoms with Gasteiger partial charge >= 0.3 is 0 Å². The first-order valence-electron chi connectivity index (χ1n) is 7.35. The Kier molecular flexibility index (Phi) is 4.90. The lowest BCUT2D eigenvalue weighted by atomic mass is 9.95. The summed E-state index contributed by atoms with van der Waals surface area (Å²) < 4.78 is 0. The van der Waals surface area contributed by atoms with Gasteiger partial charge in [0, 0.05) is 6.20 Å². The summed E-state index contributed by atoms with van der Waals surface area (Å²) in [5.41, 5.74) is 6.67. The van der Waals surface area contributed by atoms with Gasteiger partial charge in [0.1, 0.15) is 5.52 Å². The molecule has 4 N–H and O–H groups in total. The molecule has 0 fully saturated rings. The van der Waals surface area contributed by atoms with Gasteiger partial charge in [0.05, 0.1) is 17.7 Å². The first kappa shape index (κ1) is 15.4. The summed E-state index contributed by atoms with van der Waals surface area (Å²) in [4.78, 5) is 12.7. The summed E-state index contributed by atoms with van der Waals surface area (Å²) in [5, 5.41) is 13.0. The van der Waals surface area contributed by atoms with Crippen molar-refractivity contribution in [1.29, 1.82) is 0 Å². The van der Waals surface area contributed by atoms with Crippen molar-refractivity contribution >= 4 is 22.8 Å². The lowest BCUT2D eigenvalue weighted by molar-refractivity contribution is 0.211. The summed E-state index contributed by atoms with van der Waals surface area (Å²) in [6.07, 6.45) is 5.89. The monoisotopic (exact) mass is 289 g/mol. The van der Waals surface area contributed by atoms with E-state index in [1.807, 2.05) is 19.1 Å². The van der Waals surface area contributed by atoms with Crippen LogP contribution in [-0.2, 0) is 0 Å². The second kappa shape index (κ2) is 6.67. The van der Waals surface area contributed by atoms with Crippen molar-refractivity contribution < 1.29 is 5.11 Å². The van der Waals surface area contributed by atoms with Gasteiger partial charge in [0.25, 0.3) is 0 Å². The maximum Gasteiger partial charge on any atom is 0.222 e. The minimum Gasteiger partial charge on any atom is -0.394 e. The number of fused-ring (bicyclic) bond motifs is 1. The quantitative estimate of drug-likeness (QED) is 0.677. The Hall–Kier alpha value is -1.95. The summed E-state index contributed by atoms with van der Waals surface area (Å²) in [6, 6.07) is 3.66. The Balaban J connectivity index is 2.28. The van der Waals surface area contributed by atoms with Gasteiger partial charge in [-0.2, -0.15) is 4.98 Å². The van der Waals surface area contributed by atoms with Crippen LogP contribution in [0.15, 0.2) is 18.3 Å². The number of pyridine rings is 1. The third-order valence-electron chi connectivity index (χ3n) is 3.57.